The van der Waals surface area contributed by atoms with Crippen LogP contribution in [-0.2, 0) is 11.3 Å². The summed E-state index contributed by atoms with van der Waals surface area (Å²) in [7, 11) is 0. The minimum Gasteiger partial charge on any atom is -0.373 e. The Morgan fingerprint density at radius 3 is 2.95 bits per heavy atom. The maximum absolute atomic E-state index is 5.77. The lowest BCUT2D eigenvalue weighted by Crippen LogP contribution is -2.47. The molecule has 0 radical (unpaired) electrons. The molecule has 1 aliphatic heterocycles. The van der Waals surface area contributed by atoms with Crippen molar-refractivity contribution in [2.75, 3.05) is 26.2 Å². The van der Waals surface area contributed by atoms with Gasteiger partial charge in [0.15, 0.2) is 0 Å². The molecule has 0 bridgehead atoms. The summed E-state index contributed by atoms with van der Waals surface area (Å²) in [5, 5.41) is 12.9. The third-order valence-electron chi connectivity index (χ3n) is 3.90. The smallest absolute Gasteiger partial charge is 0.0794 e. The van der Waals surface area contributed by atoms with E-state index in [0.717, 1.165) is 38.4 Å². The average molecular weight is 320 g/mol. The van der Waals surface area contributed by atoms with Gasteiger partial charge in [0.05, 0.1) is 29.0 Å². The number of hydrogen-bond donors (Lipinski definition) is 2. The Kier molecular flexibility index (Phi) is 5.25. The quantitative estimate of drug-likeness (QED) is 0.802. The molecule has 120 valence electrons. The van der Waals surface area contributed by atoms with Gasteiger partial charge >= 0.3 is 0 Å². The summed E-state index contributed by atoms with van der Waals surface area (Å²) >= 11 is 1.74. The predicted octanol–water partition coefficient (Wildman–Crippen LogP) is 2.34. The lowest BCUT2D eigenvalue weighted by atomic mass is 10.2. The maximum Gasteiger partial charge on any atom is 0.0794 e. The molecule has 5 nitrogen and oxygen atoms in total. The van der Waals surface area contributed by atoms with Crippen LogP contribution in [0.4, 0.5) is 0 Å². The first-order chi connectivity index (χ1) is 10.7. The van der Waals surface area contributed by atoms with Crippen molar-refractivity contribution in [3.63, 3.8) is 0 Å². The number of nitrogens with one attached hydrogen (secondary N) is 2. The Morgan fingerprint density at radius 1 is 1.41 bits per heavy atom. The highest BCUT2D eigenvalue weighted by Gasteiger charge is 2.21. The van der Waals surface area contributed by atoms with E-state index in [-0.39, 0.29) is 0 Å². The van der Waals surface area contributed by atoms with E-state index in [9.17, 15) is 0 Å². The highest BCUT2D eigenvalue weighted by atomic mass is 32.1. The van der Waals surface area contributed by atoms with Gasteiger partial charge in [-0.25, -0.2) is 0 Å². The summed E-state index contributed by atoms with van der Waals surface area (Å²) in [6.45, 7) is 9.23. The van der Waals surface area contributed by atoms with Crippen LogP contribution < -0.4 is 5.32 Å². The number of aromatic nitrogens is 2. The summed E-state index contributed by atoms with van der Waals surface area (Å²) in [5.74, 6) is 0. The standard InChI is InChI=1S/C16H24N4OS/c1-12-10-20(11-13(2)21-12)6-5-17-8-14-9-18-19-16(14)15-4-3-7-22-15/h3-4,7,9,12-13,17H,5-6,8,10-11H2,1-2H3,(H,18,19)/t12-,13-/m0/s1. The fraction of sp³-hybridized carbons (Fsp3) is 0.562. The second-order valence-electron chi connectivity index (χ2n) is 5.94. The van der Waals surface area contributed by atoms with Crippen molar-refractivity contribution in [2.24, 2.45) is 0 Å². The Balaban J connectivity index is 1.45. The van der Waals surface area contributed by atoms with Crippen LogP contribution in [-0.4, -0.2) is 53.5 Å². The Hall–Kier alpha value is -1.21. The number of H-pyrrole nitrogens is 1. The zero-order valence-corrected chi connectivity index (χ0v) is 14.0. The van der Waals surface area contributed by atoms with E-state index in [1.165, 1.54) is 10.4 Å². The minimum absolute atomic E-state index is 0.336. The monoisotopic (exact) mass is 320 g/mol. The van der Waals surface area contributed by atoms with E-state index in [4.69, 9.17) is 4.74 Å². The Labute approximate surface area is 135 Å². The first-order valence-corrected chi connectivity index (χ1v) is 8.75. The SMILES string of the molecule is C[C@H]1CN(CCNCc2cn[nH]c2-c2cccs2)C[C@H](C)O1. The first kappa shape index (κ1) is 15.7. The van der Waals surface area contributed by atoms with E-state index in [0.29, 0.717) is 12.2 Å². The lowest BCUT2D eigenvalue weighted by Gasteiger charge is -2.35. The summed E-state index contributed by atoms with van der Waals surface area (Å²) in [6.07, 6.45) is 2.59. The predicted molar refractivity (Wildman–Crippen MR) is 90.1 cm³/mol. The summed E-state index contributed by atoms with van der Waals surface area (Å²) in [4.78, 5) is 3.71. The molecule has 1 fully saturated rings. The van der Waals surface area contributed by atoms with Crippen molar-refractivity contribution >= 4 is 11.3 Å². The number of hydrogen-bond acceptors (Lipinski definition) is 5. The fourth-order valence-electron chi connectivity index (χ4n) is 3.01. The van der Waals surface area contributed by atoms with Gasteiger partial charge in [-0.15, -0.1) is 11.3 Å². The number of nitrogens with zero attached hydrogens (tertiary/aromatic N) is 2. The molecule has 0 unspecified atom stereocenters. The largest absolute Gasteiger partial charge is 0.373 e. The van der Waals surface area contributed by atoms with Gasteiger partial charge in [0, 0.05) is 38.3 Å². The van der Waals surface area contributed by atoms with Crippen molar-refractivity contribution in [3.05, 3.63) is 29.3 Å². The van der Waals surface area contributed by atoms with E-state index >= 15 is 0 Å². The van der Waals surface area contributed by atoms with Crippen LogP contribution in [0, 0.1) is 0 Å². The molecule has 0 aliphatic carbocycles. The van der Waals surface area contributed by atoms with Gasteiger partial charge < -0.3 is 10.1 Å². The third-order valence-corrected chi connectivity index (χ3v) is 4.79. The van der Waals surface area contributed by atoms with Crippen LogP contribution in [0.5, 0.6) is 0 Å². The van der Waals surface area contributed by atoms with Crippen molar-refractivity contribution in [1.29, 1.82) is 0 Å². The summed E-state index contributed by atoms with van der Waals surface area (Å²) < 4.78 is 5.77. The highest BCUT2D eigenvalue weighted by Crippen LogP contribution is 2.25. The number of thiophene rings is 1. The lowest BCUT2D eigenvalue weighted by molar-refractivity contribution is -0.0674. The van der Waals surface area contributed by atoms with Crippen LogP contribution in [0.2, 0.25) is 0 Å². The number of morpholine rings is 1. The van der Waals surface area contributed by atoms with Gasteiger partial charge in [0.1, 0.15) is 0 Å². The van der Waals surface area contributed by atoms with Crippen molar-refractivity contribution in [3.8, 4) is 10.6 Å². The Morgan fingerprint density at radius 2 is 2.23 bits per heavy atom. The molecule has 3 rings (SSSR count). The van der Waals surface area contributed by atoms with Crippen LogP contribution in [0.25, 0.3) is 10.6 Å². The molecular weight excluding hydrogens is 296 g/mol. The number of rotatable bonds is 6. The molecule has 2 atom stereocenters. The topological polar surface area (TPSA) is 53.2 Å². The maximum atomic E-state index is 5.77. The molecule has 3 heterocycles. The van der Waals surface area contributed by atoms with Crippen LogP contribution in [0.3, 0.4) is 0 Å². The van der Waals surface area contributed by atoms with E-state index in [1.807, 2.05) is 6.20 Å². The van der Waals surface area contributed by atoms with E-state index < -0.39 is 0 Å². The van der Waals surface area contributed by atoms with Gasteiger partial charge in [-0.2, -0.15) is 5.10 Å². The molecule has 1 aliphatic rings. The Bertz CT molecular complexity index is 558. The average Bonchev–Trinajstić information content (AvgIpc) is 3.13. The van der Waals surface area contributed by atoms with Crippen LogP contribution in [0.1, 0.15) is 19.4 Å². The zero-order chi connectivity index (χ0) is 15.4. The third kappa shape index (κ3) is 3.95. The molecule has 1 saturated heterocycles. The van der Waals surface area contributed by atoms with Crippen LogP contribution in [0.15, 0.2) is 23.7 Å². The number of aromatic amines is 1. The van der Waals surface area contributed by atoms with Gasteiger partial charge in [-0.1, -0.05) is 6.07 Å². The fourth-order valence-corrected chi connectivity index (χ4v) is 3.76. The molecule has 2 aromatic rings. The van der Waals surface area contributed by atoms with Gasteiger partial charge in [-0.3, -0.25) is 10.00 Å². The molecule has 2 N–H and O–H groups in total. The number of ether oxygens (including phenoxy) is 1. The highest BCUT2D eigenvalue weighted by molar-refractivity contribution is 7.13. The van der Waals surface area contributed by atoms with E-state index in [2.05, 4.69) is 51.8 Å². The molecule has 6 heteroatoms. The molecule has 0 aromatic carbocycles. The minimum atomic E-state index is 0.336. The summed E-state index contributed by atoms with van der Waals surface area (Å²) in [5.41, 5.74) is 2.36. The van der Waals surface area contributed by atoms with Gasteiger partial charge in [-0.05, 0) is 25.3 Å². The van der Waals surface area contributed by atoms with Crippen LogP contribution >= 0.6 is 11.3 Å². The molecule has 0 saturated carbocycles. The zero-order valence-electron chi connectivity index (χ0n) is 13.2. The first-order valence-electron chi connectivity index (χ1n) is 7.87. The van der Waals surface area contributed by atoms with Gasteiger partial charge in [0.2, 0.25) is 0 Å². The van der Waals surface area contributed by atoms with Gasteiger partial charge in [0.25, 0.3) is 0 Å². The molecular formula is C16H24N4OS. The molecule has 0 spiro atoms. The van der Waals surface area contributed by atoms with Crippen molar-refractivity contribution in [1.82, 2.24) is 20.4 Å². The molecule has 22 heavy (non-hydrogen) atoms. The summed E-state index contributed by atoms with van der Waals surface area (Å²) in [6, 6.07) is 4.19. The normalized spacial score (nSPS) is 23.0. The van der Waals surface area contributed by atoms with Crippen molar-refractivity contribution < 1.29 is 4.74 Å². The molecule has 0 amide bonds. The van der Waals surface area contributed by atoms with Crippen molar-refractivity contribution in [2.45, 2.75) is 32.6 Å². The molecule has 2 aromatic heterocycles. The second kappa shape index (κ2) is 7.37. The second-order valence-corrected chi connectivity index (χ2v) is 6.89. The van der Waals surface area contributed by atoms with E-state index in [1.54, 1.807) is 11.3 Å².